The molecule has 0 radical (unpaired) electrons. The fraction of sp³-hybridized carbons (Fsp3) is 0.412. The zero-order chi connectivity index (χ0) is 15.6. The number of hydrogen-bond donors (Lipinski definition) is 2. The second-order valence-corrected chi connectivity index (χ2v) is 5.89. The van der Waals surface area contributed by atoms with Gasteiger partial charge < -0.3 is 16.2 Å². The van der Waals surface area contributed by atoms with Crippen LogP contribution in [0.15, 0.2) is 34.4 Å². The van der Waals surface area contributed by atoms with Crippen LogP contribution in [0.4, 0.5) is 0 Å². The van der Waals surface area contributed by atoms with E-state index in [1.165, 1.54) is 28.6 Å². The summed E-state index contributed by atoms with van der Waals surface area (Å²) in [6.45, 7) is 2.73. The minimum atomic E-state index is -0.165. The van der Waals surface area contributed by atoms with Crippen LogP contribution in [-0.4, -0.2) is 24.5 Å². The zero-order valence-electron chi connectivity index (χ0n) is 12.9. The highest BCUT2D eigenvalue weighted by Crippen LogP contribution is 2.37. The number of aliphatic imine (C=N–C) groups is 2. The van der Waals surface area contributed by atoms with Crippen LogP contribution in [0.2, 0.25) is 0 Å². The van der Waals surface area contributed by atoms with Gasteiger partial charge in [0.25, 0.3) is 6.02 Å². The van der Waals surface area contributed by atoms with E-state index in [1.54, 1.807) is 0 Å². The Morgan fingerprint density at radius 3 is 3.05 bits per heavy atom. The van der Waals surface area contributed by atoms with Crippen molar-refractivity contribution in [1.29, 1.82) is 0 Å². The van der Waals surface area contributed by atoms with E-state index in [0.717, 1.165) is 25.7 Å². The van der Waals surface area contributed by atoms with Gasteiger partial charge in [-0.2, -0.15) is 0 Å². The topological polar surface area (TPSA) is 86.0 Å². The summed E-state index contributed by atoms with van der Waals surface area (Å²) in [7, 11) is 0. The van der Waals surface area contributed by atoms with Crippen molar-refractivity contribution in [3.63, 3.8) is 0 Å². The number of allylic oxidation sites excluding steroid dienone is 1. The van der Waals surface area contributed by atoms with Crippen molar-refractivity contribution in [1.82, 2.24) is 0 Å². The first-order chi connectivity index (χ1) is 10.7. The molecule has 5 nitrogen and oxygen atoms in total. The molecule has 4 N–H and O–H groups in total. The summed E-state index contributed by atoms with van der Waals surface area (Å²) >= 11 is 0. The summed E-state index contributed by atoms with van der Waals surface area (Å²) in [5.41, 5.74) is 16.1. The van der Waals surface area contributed by atoms with Gasteiger partial charge in [-0.3, -0.25) is 0 Å². The van der Waals surface area contributed by atoms with Crippen molar-refractivity contribution in [3.8, 4) is 0 Å². The number of fused-ring (bicyclic) bond motifs is 1. The fourth-order valence-electron chi connectivity index (χ4n) is 3.41. The van der Waals surface area contributed by atoms with E-state index in [1.807, 2.05) is 6.20 Å². The predicted molar refractivity (Wildman–Crippen MR) is 89.7 cm³/mol. The van der Waals surface area contributed by atoms with E-state index in [0.29, 0.717) is 12.6 Å². The van der Waals surface area contributed by atoms with Gasteiger partial charge in [-0.1, -0.05) is 25.1 Å². The molecular weight excluding hydrogens is 276 g/mol. The van der Waals surface area contributed by atoms with Gasteiger partial charge in [0.15, 0.2) is 0 Å². The van der Waals surface area contributed by atoms with E-state index in [4.69, 9.17) is 16.2 Å². The standard InChI is InChI=1S/C17H22N4O/c1-2-12(9-20-11-18)14-5-3-4-13-8-17(7-6-15(13)14)10-22-16(19)21-17/h3-5,9,11H,2,6-8,10H2,1H3,(H2,18,20)(H2,19,21)/b12-9+. The molecule has 5 heteroatoms. The van der Waals surface area contributed by atoms with Crippen LogP contribution in [0.25, 0.3) is 5.57 Å². The number of benzene rings is 1. The van der Waals surface area contributed by atoms with Crippen molar-refractivity contribution < 1.29 is 4.74 Å². The molecule has 1 spiro atoms. The molecule has 1 aliphatic carbocycles. The van der Waals surface area contributed by atoms with Gasteiger partial charge in [0, 0.05) is 12.6 Å². The molecule has 0 aromatic heterocycles. The Labute approximate surface area is 130 Å². The summed E-state index contributed by atoms with van der Waals surface area (Å²) in [6, 6.07) is 6.78. The number of hydrogen-bond acceptors (Lipinski definition) is 4. The Morgan fingerprint density at radius 1 is 1.50 bits per heavy atom. The molecule has 1 heterocycles. The molecule has 1 aliphatic heterocycles. The van der Waals surface area contributed by atoms with Gasteiger partial charge in [-0.25, -0.2) is 9.98 Å². The maximum absolute atomic E-state index is 5.71. The van der Waals surface area contributed by atoms with Gasteiger partial charge >= 0.3 is 0 Å². The third-order valence-electron chi connectivity index (χ3n) is 4.51. The molecule has 1 aromatic carbocycles. The lowest BCUT2D eigenvalue weighted by atomic mass is 9.76. The first-order valence-corrected chi connectivity index (χ1v) is 7.69. The molecular formula is C17H22N4O. The van der Waals surface area contributed by atoms with Crippen molar-refractivity contribution >= 4 is 17.9 Å². The van der Waals surface area contributed by atoms with Gasteiger partial charge in [0.05, 0.1) is 6.34 Å². The molecule has 0 fully saturated rings. The van der Waals surface area contributed by atoms with Crippen LogP contribution >= 0.6 is 0 Å². The van der Waals surface area contributed by atoms with E-state index >= 15 is 0 Å². The average molecular weight is 298 g/mol. The summed E-state index contributed by atoms with van der Waals surface area (Å²) in [4.78, 5) is 8.62. The van der Waals surface area contributed by atoms with Crippen LogP contribution in [0.5, 0.6) is 0 Å². The predicted octanol–water partition coefficient (Wildman–Crippen LogP) is 2.00. The Balaban J connectivity index is 1.97. The Morgan fingerprint density at radius 2 is 2.36 bits per heavy atom. The number of nitrogens with zero attached hydrogens (tertiary/aromatic N) is 2. The molecule has 116 valence electrons. The minimum Gasteiger partial charge on any atom is -0.463 e. The molecule has 22 heavy (non-hydrogen) atoms. The van der Waals surface area contributed by atoms with Crippen LogP contribution in [0.1, 0.15) is 36.5 Å². The van der Waals surface area contributed by atoms with Crippen molar-refractivity contribution in [3.05, 3.63) is 41.1 Å². The monoisotopic (exact) mass is 298 g/mol. The lowest BCUT2D eigenvalue weighted by molar-refractivity contribution is 0.235. The quantitative estimate of drug-likeness (QED) is 0.661. The highest BCUT2D eigenvalue weighted by Gasteiger charge is 2.39. The average Bonchev–Trinajstić information content (AvgIpc) is 2.88. The Hall–Kier alpha value is -2.30. The van der Waals surface area contributed by atoms with Crippen LogP contribution in [0.3, 0.4) is 0 Å². The third-order valence-corrected chi connectivity index (χ3v) is 4.51. The number of rotatable bonds is 3. The van der Waals surface area contributed by atoms with E-state index in [9.17, 15) is 0 Å². The zero-order valence-corrected chi connectivity index (χ0v) is 12.9. The lowest BCUT2D eigenvalue weighted by Gasteiger charge is -2.31. The van der Waals surface area contributed by atoms with Crippen LogP contribution < -0.4 is 11.5 Å². The normalized spacial score (nSPS) is 24.4. The molecule has 3 rings (SSSR count). The molecule has 0 saturated carbocycles. The largest absolute Gasteiger partial charge is 0.463 e. The number of nitrogens with two attached hydrogens (primary N) is 2. The second-order valence-electron chi connectivity index (χ2n) is 5.89. The van der Waals surface area contributed by atoms with E-state index in [2.05, 4.69) is 35.1 Å². The maximum Gasteiger partial charge on any atom is 0.282 e. The third kappa shape index (κ3) is 2.58. The number of amidine groups is 1. The first kappa shape index (κ1) is 14.6. The SMILES string of the molecule is CC/C(=C\N=CN)c1cccc2c1CCC1(COC(N)=N1)C2. The first-order valence-electron chi connectivity index (χ1n) is 7.69. The molecule has 2 aliphatic rings. The molecule has 1 unspecified atom stereocenters. The smallest absolute Gasteiger partial charge is 0.282 e. The Bertz CT molecular complexity index is 663. The van der Waals surface area contributed by atoms with E-state index in [-0.39, 0.29) is 5.54 Å². The Kier molecular flexibility index (Phi) is 3.88. The molecule has 1 atom stereocenters. The van der Waals surface area contributed by atoms with Crippen LogP contribution in [0, 0.1) is 0 Å². The molecule has 0 bridgehead atoms. The highest BCUT2D eigenvalue weighted by molar-refractivity contribution is 5.74. The molecule has 1 aromatic rings. The van der Waals surface area contributed by atoms with Gasteiger partial charge in [0.2, 0.25) is 0 Å². The number of ether oxygens (including phenoxy) is 1. The van der Waals surface area contributed by atoms with Gasteiger partial charge in [0.1, 0.15) is 12.1 Å². The lowest BCUT2D eigenvalue weighted by Crippen LogP contribution is -2.35. The molecule has 0 saturated heterocycles. The van der Waals surface area contributed by atoms with E-state index < -0.39 is 0 Å². The second kappa shape index (κ2) is 5.83. The van der Waals surface area contributed by atoms with Gasteiger partial charge in [-0.05, 0) is 41.5 Å². The van der Waals surface area contributed by atoms with Crippen LogP contribution in [-0.2, 0) is 17.6 Å². The summed E-state index contributed by atoms with van der Waals surface area (Å²) < 4.78 is 5.40. The van der Waals surface area contributed by atoms with Crippen molar-refractivity contribution in [2.45, 2.75) is 38.1 Å². The molecule has 0 amide bonds. The summed E-state index contributed by atoms with van der Waals surface area (Å²) in [5, 5.41) is 0. The highest BCUT2D eigenvalue weighted by atomic mass is 16.5. The fourth-order valence-corrected chi connectivity index (χ4v) is 3.41. The van der Waals surface area contributed by atoms with Crippen molar-refractivity contribution in [2.75, 3.05) is 6.61 Å². The summed E-state index contributed by atoms with van der Waals surface area (Å²) in [5.74, 6) is 0. The summed E-state index contributed by atoms with van der Waals surface area (Å²) in [6.07, 6.45) is 6.94. The van der Waals surface area contributed by atoms with Gasteiger partial charge in [-0.15, -0.1) is 0 Å². The van der Waals surface area contributed by atoms with Crippen molar-refractivity contribution in [2.24, 2.45) is 21.5 Å². The minimum absolute atomic E-state index is 0.165. The maximum atomic E-state index is 5.71.